The first-order valence-electron chi connectivity index (χ1n) is 16.4. The molecule has 0 aliphatic carbocycles. The molecule has 3 heterocycles. The van der Waals surface area contributed by atoms with Crippen LogP contribution in [0.4, 0.5) is 0 Å². The van der Waals surface area contributed by atoms with Crippen LogP contribution in [0.3, 0.4) is 0 Å². The minimum absolute atomic E-state index is 0.118. The third kappa shape index (κ3) is 4.06. The maximum atomic E-state index is 4.88. The Labute approximate surface area is 277 Å². The Kier molecular flexibility index (Phi) is 5.90. The van der Waals surface area contributed by atoms with Gasteiger partial charge < -0.3 is 9.88 Å². The van der Waals surface area contributed by atoms with Crippen molar-refractivity contribution < 1.29 is 0 Å². The number of para-hydroxylation sites is 1. The maximum Gasteiger partial charge on any atom is 0.0762 e. The highest BCUT2D eigenvalue weighted by Crippen LogP contribution is 2.44. The zero-order chi connectivity index (χ0) is 31.6. The summed E-state index contributed by atoms with van der Waals surface area (Å²) in [6.45, 7) is 0. The quantitative estimate of drug-likeness (QED) is 0.200. The highest BCUT2D eigenvalue weighted by Gasteiger charge is 2.21. The van der Waals surface area contributed by atoms with E-state index < -0.39 is 0 Å². The molecular formula is C44H30N4. The molecule has 2 aromatic heterocycles. The third-order valence-corrected chi connectivity index (χ3v) is 9.80. The Hall–Kier alpha value is -6.39. The summed E-state index contributed by atoms with van der Waals surface area (Å²) in [4.78, 5) is 0. The SMILES string of the molecule is C1=CNC(c2cccc(-n3c4cc5c(cnn5-c5ccccc5)cc4c4c5c(ccc43)c(-c3ccccc3)cc3ccccc35)c2)C=C1. The van der Waals surface area contributed by atoms with Crippen LogP contribution in [0.2, 0.25) is 0 Å². The van der Waals surface area contributed by atoms with Gasteiger partial charge in [0.25, 0.3) is 0 Å². The molecule has 0 saturated carbocycles. The summed E-state index contributed by atoms with van der Waals surface area (Å²) in [6.07, 6.45) is 10.4. The molecule has 0 saturated heterocycles. The minimum Gasteiger partial charge on any atom is -0.381 e. The van der Waals surface area contributed by atoms with Gasteiger partial charge in [-0.25, -0.2) is 4.68 Å². The molecule has 0 bridgehead atoms. The van der Waals surface area contributed by atoms with Crippen molar-refractivity contribution in [3.63, 3.8) is 0 Å². The summed E-state index contributed by atoms with van der Waals surface area (Å²) < 4.78 is 4.50. The molecule has 9 aromatic rings. The molecule has 7 aromatic carbocycles. The van der Waals surface area contributed by atoms with Gasteiger partial charge in [0.15, 0.2) is 0 Å². The van der Waals surface area contributed by atoms with Gasteiger partial charge in [-0.05, 0) is 93.7 Å². The fourth-order valence-corrected chi connectivity index (χ4v) is 7.64. The number of dihydropyridines is 1. The van der Waals surface area contributed by atoms with E-state index in [2.05, 4.69) is 160 Å². The predicted octanol–water partition coefficient (Wildman–Crippen LogP) is 10.8. The van der Waals surface area contributed by atoms with E-state index in [1.165, 1.54) is 54.5 Å². The maximum absolute atomic E-state index is 4.88. The molecule has 10 rings (SSSR count). The second-order valence-corrected chi connectivity index (χ2v) is 12.5. The van der Waals surface area contributed by atoms with E-state index in [0.29, 0.717) is 0 Å². The summed E-state index contributed by atoms with van der Waals surface area (Å²) in [5, 5.41) is 17.0. The molecular weight excluding hydrogens is 585 g/mol. The Morgan fingerprint density at radius 3 is 2.21 bits per heavy atom. The Bertz CT molecular complexity index is 2750. The van der Waals surface area contributed by atoms with E-state index in [4.69, 9.17) is 5.10 Å². The first-order chi connectivity index (χ1) is 23.8. The number of hydrogen-bond acceptors (Lipinski definition) is 2. The van der Waals surface area contributed by atoms with Crippen molar-refractivity contribution in [1.29, 1.82) is 0 Å². The number of nitrogens with one attached hydrogen (secondary N) is 1. The molecule has 226 valence electrons. The van der Waals surface area contributed by atoms with E-state index in [9.17, 15) is 0 Å². The molecule has 1 aliphatic heterocycles. The van der Waals surface area contributed by atoms with Crippen LogP contribution in [-0.4, -0.2) is 14.3 Å². The Morgan fingerprint density at radius 1 is 0.542 bits per heavy atom. The van der Waals surface area contributed by atoms with Gasteiger partial charge in [0.2, 0.25) is 0 Å². The fraction of sp³-hybridized carbons (Fsp3) is 0.0227. The highest BCUT2D eigenvalue weighted by molar-refractivity contribution is 6.31. The summed E-state index contributed by atoms with van der Waals surface area (Å²) in [5.74, 6) is 0. The van der Waals surface area contributed by atoms with Crippen molar-refractivity contribution in [3.05, 3.63) is 176 Å². The van der Waals surface area contributed by atoms with Gasteiger partial charge >= 0.3 is 0 Å². The zero-order valence-electron chi connectivity index (χ0n) is 26.1. The van der Waals surface area contributed by atoms with Crippen molar-refractivity contribution in [2.24, 2.45) is 0 Å². The smallest absolute Gasteiger partial charge is 0.0762 e. The van der Waals surface area contributed by atoms with Gasteiger partial charge in [-0.2, -0.15) is 5.10 Å². The lowest BCUT2D eigenvalue weighted by molar-refractivity contribution is 0.746. The van der Waals surface area contributed by atoms with E-state index in [-0.39, 0.29) is 6.04 Å². The number of benzene rings is 7. The number of fused-ring (bicyclic) bond motifs is 8. The van der Waals surface area contributed by atoms with Crippen LogP contribution in [0, 0.1) is 0 Å². The number of nitrogens with zero attached hydrogens (tertiary/aromatic N) is 3. The molecule has 48 heavy (non-hydrogen) atoms. The topological polar surface area (TPSA) is 34.8 Å². The summed E-state index contributed by atoms with van der Waals surface area (Å²) >= 11 is 0. The summed E-state index contributed by atoms with van der Waals surface area (Å²) in [5.41, 5.74) is 9.28. The first kappa shape index (κ1) is 26.8. The zero-order valence-corrected chi connectivity index (χ0v) is 26.1. The van der Waals surface area contributed by atoms with Gasteiger partial charge in [0.1, 0.15) is 0 Å². The fourth-order valence-electron chi connectivity index (χ4n) is 7.64. The van der Waals surface area contributed by atoms with Gasteiger partial charge in [-0.15, -0.1) is 0 Å². The molecule has 0 amide bonds. The van der Waals surface area contributed by atoms with Crippen molar-refractivity contribution in [2.45, 2.75) is 6.04 Å². The normalized spacial score (nSPS) is 14.5. The Morgan fingerprint density at radius 2 is 1.35 bits per heavy atom. The average Bonchev–Trinajstić information content (AvgIpc) is 3.73. The van der Waals surface area contributed by atoms with Crippen LogP contribution in [0.1, 0.15) is 11.6 Å². The second-order valence-electron chi connectivity index (χ2n) is 12.5. The molecule has 1 aliphatic rings. The minimum atomic E-state index is 0.118. The van der Waals surface area contributed by atoms with Gasteiger partial charge in [0, 0.05) is 27.2 Å². The summed E-state index contributed by atoms with van der Waals surface area (Å²) in [7, 11) is 0. The molecule has 0 fully saturated rings. The van der Waals surface area contributed by atoms with E-state index in [1.807, 2.05) is 24.5 Å². The molecule has 1 atom stereocenters. The molecule has 1 unspecified atom stereocenters. The largest absolute Gasteiger partial charge is 0.381 e. The number of aromatic nitrogens is 3. The Balaban J connectivity index is 1.36. The lowest BCUT2D eigenvalue weighted by Gasteiger charge is -2.18. The van der Waals surface area contributed by atoms with Gasteiger partial charge in [-0.3, -0.25) is 0 Å². The van der Waals surface area contributed by atoms with Gasteiger partial charge in [-0.1, -0.05) is 103 Å². The molecule has 0 spiro atoms. The first-order valence-corrected chi connectivity index (χ1v) is 16.4. The standard InChI is InChI=1S/C44H30N4/c1-3-12-29(13-4-1)37-25-30-14-7-8-19-35(30)43-36(37)21-22-40-44(43)38-26-32-28-46-48(33-16-5-2-6-17-33)41(32)27-42(38)47(40)34-18-11-15-31(24-34)39-20-9-10-23-45-39/h1-28,39,45H. The monoisotopic (exact) mass is 614 g/mol. The summed E-state index contributed by atoms with van der Waals surface area (Å²) in [6, 6.07) is 50.7. The molecule has 4 nitrogen and oxygen atoms in total. The van der Waals surface area contributed by atoms with E-state index in [0.717, 1.165) is 27.8 Å². The van der Waals surface area contributed by atoms with Crippen molar-refractivity contribution >= 4 is 54.3 Å². The lowest BCUT2D eigenvalue weighted by atomic mass is 9.91. The average molecular weight is 615 g/mol. The van der Waals surface area contributed by atoms with Crippen LogP contribution in [0.5, 0.6) is 0 Å². The highest BCUT2D eigenvalue weighted by atomic mass is 15.3. The van der Waals surface area contributed by atoms with Crippen molar-refractivity contribution in [1.82, 2.24) is 19.7 Å². The van der Waals surface area contributed by atoms with Crippen molar-refractivity contribution in [2.75, 3.05) is 0 Å². The second kappa shape index (κ2) is 10.6. The molecule has 4 heteroatoms. The van der Waals surface area contributed by atoms with Crippen molar-refractivity contribution in [3.8, 4) is 22.5 Å². The van der Waals surface area contributed by atoms with Crippen LogP contribution < -0.4 is 5.32 Å². The molecule has 0 radical (unpaired) electrons. The van der Waals surface area contributed by atoms with Crippen LogP contribution in [0.25, 0.3) is 76.8 Å². The van der Waals surface area contributed by atoms with Crippen LogP contribution in [-0.2, 0) is 0 Å². The van der Waals surface area contributed by atoms with Crippen LogP contribution in [0.15, 0.2) is 170 Å². The number of allylic oxidation sites excluding steroid dienone is 2. The van der Waals surface area contributed by atoms with E-state index in [1.54, 1.807) is 0 Å². The third-order valence-electron chi connectivity index (χ3n) is 9.80. The predicted molar refractivity (Wildman–Crippen MR) is 200 cm³/mol. The molecule has 1 N–H and O–H groups in total. The number of hydrogen-bond donors (Lipinski definition) is 1. The number of rotatable bonds is 4. The van der Waals surface area contributed by atoms with Crippen LogP contribution >= 0.6 is 0 Å². The lowest BCUT2D eigenvalue weighted by Crippen LogP contribution is -2.15. The van der Waals surface area contributed by atoms with Gasteiger partial charge in [0.05, 0.1) is 34.5 Å². The van der Waals surface area contributed by atoms with E-state index >= 15 is 0 Å².